The fourth-order valence-corrected chi connectivity index (χ4v) is 3.16. The van der Waals surface area contributed by atoms with Gasteiger partial charge in [-0.15, -0.1) is 0 Å². The largest absolute Gasteiger partial charge is 0.493 e. The summed E-state index contributed by atoms with van der Waals surface area (Å²) >= 11 is 6.06. The molecular formula is C24H24ClNO4. The van der Waals surface area contributed by atoms with Crippen molar-refractivity contribution in [2.24, 2.45) is 0 Å². The molecule has 3 aromatic carbocycles. The van der Waals surface area contributed by atoms with Crippen molar-refractivity contribution in [3.8, 4) is 11.5 Å². The second-order valence-corrected chi connectivity index (χ2v) is 6.95. The van der Waals surface area contributed by atoms with Gasteiger partial charge in [0.2, 0.25) is 0 Å². The van der Waals surface area contributed by atoms with Crippen LogP contribution in [0.4, 0.5) is 5.69 Å². The monoisotopic (exact) mass is 425 g/mol. The first-order valence-corrected chi connectivity index (χ1v) is 10.0. The Bertz CT molecular complexity index is 989. The van der Waals surface area contributed by atoms with Crippen LogP contribution in [0.3, 0.4) is 0 Å². The molecule has 0 aliphatic carbocycles. The zero-order chi connectivity index (χ0) is 21.3. The molecule has 0 saturated heterocycles. The summed E-state index contributed by atoms with van der Waals surface area (Å²) in [5.74, 6) is 1.01. The van der Waals surface area contributed by atoms with E-state index in [1.165, 1.54) is 0 Å². The number of hydrogen-bond donors (Lipinski definition) is 1. The number of hydrogen-bond acceptors (Lipinski definition) is 5. The molecule has 30 heavy (non-hydrogen) atoms. The van der Waals surface area contributed by atoms with Crippen molar-refractivity contribution in [2.45, 2.75) is 20.1 Å². The summed E-state index contributed by atoms with van der Waals surface area (Å²) in [5, 5.41) is 4.02. The Kier molecular flexibility index (Phi) is 7.57. The molecule has 3 aromatic rings. The quantitative estimate of drug-likeness (QED) is 0.444. The molecule has 0 atom stereocenters. The van der Waals surface area contributed by atoms with Crippen LogP contribution in [0.25, 0.3) is 0 Å². The molecule has 0 amide bonds. The molecule has 0 aromatic heterocycles. The van der Waals surface area contributed by atoms with E-state index in [1.54, 1.807) is 26.2 Å². The summed E-state index contributed by atoms with van der Waals surface area (Å²) < 4.78 is 16.6. The highest BCUT2D eigenvalue weighted by molar-refractivity contribution is 6.30. The minimum Gasteiger partial charge on any atom is -0.493 e. The molecule has 6 heteroatoms. The third-order valence-electron chi connectivity index (χ3n) is 4.43. The summed E-state index contributed by atoms with van der Waals surface area (Å²) in [5.41, 5.74) is 3.33. The van der Waals surface area contributed by atoms with Gasteiger partial charge in [0, 0.05) is 22.8 Å². The lowest BCUT2D eigenvalue weighted by Crippen LogP contribution is -2.06. The van der Waals surface area contributed by atoms with Gasteiger partial charge in [-0.05, 0) is 55.0 Å². The van der Waals surface area contributed by atoms with Gasteiger partial charge in [0.15, 0.2) is 11.5 Å². The zero-order valence-electron chi connectivity index (χ0n) is 17.0. The molecule has 0 spiro atoms. The topological polar surface area (TPSA) is 56.8 Å². The van der Waals surface area contributed by atoms with Crippen molar-refractivity contribution in [3.05, 3.63) is 88.4 Å². The normalized spacial score (nSPS) is 10.4. The molecular weight excluding hydrogens is 402 g/mol. The molecule has 0 heterocycles. The minimum atomic E-state index is -0.325. The molecule has 5 nitrogen and oxygen atoms in total. The number of carbonyl (C=O) groups is 1. The van der Waals surface area contributed by atoms with E-state index in [4.69, 9.17) is 25.8 Å². The molecule has 0 radical (unpaired) electrons. The van der Waals surface area contributed by atoms with Gasteiger partial charge < -0.3 is 19.5 Å². The average molecular weight is 426 g/mol. The zero-order valence-corrected chi connectivity index (χ0v) is 17.7. The lowest BCUT2D eigenvalue weighted by atomic mass is 10.1. The predicted octanol–water partition coefficient (Wildman–Crippen LogP) is 5.72. The van der Waals surface area contributed by atoms with E-state index < -0.39 is 0 Å². The highest BCUT2D eigenvalue weighted by Crippen LogP contribution is 2.32. The Hall–Kier alpha value is -3.18. The van der Waals surface area contributed by atoms with Gasteiger partial charge >= 0.3 is 5.97 Å². The summed E-state index contributed by atoms with van der Waals surface area (Å²) in [6.45, 7) is 3.05. The maximum atomic E-state index is 11.8. The number of halogens is 1. The van der Waals surface area contributed by atoms with Crippen LogP contribution in [0.15, 0.2) is 66.7 Å². The molecule has 0 fully saturated rings. The van der Waals surface area contributed by atoms with Gasteiger partial charge in [-0.1, -0.05) is 35.9 Å². The molecule has 0 unspecified atom stereocenters. The van der Waals surface area contributed by atoms with Crippen LogP contribution in [0.5, 0.6) is 11.5 Å². The van der Waals surface area contributed by atoms with Gasteiger partial charge in [0.25, 0.3) is 0 Å². The average Bonchev–Trinajstić information content (AvgIpc) is 2.77. The first-order valence-electron chi connectivity index (χ1n) is 9.65. The van der Waals surface area contributed by atoms with Crippen LogP contribution in [-0.4, -0.2) is 19.7 Å². The van der Waals surface area contributed by atoms with E-state index in [9.17, 15) is 4.79 Å². The van der Waals surface area contributed by atoms with Crippen molar-refractivity contribution < 1.29 is 19.0 Å². The van der Waals surface area contributed by atoms with Crippen molar-refractivity contribution >= 4 is 23.3 Å². The van der Waals surface area contributed by atoms with Crippen molar-refractivity contribution in [2.75, 3.05) is 19.0 Å². The fraction of sp³-hybridized carbons (Fsp3) is 0.208. The summed E-state index contributed by atoms with van der Waals surface area (Å²) in [7, 11) is 1.62. The van der Waals surface area contributed by atoms with Crippen molar-refractivity contribution in [1.82, 2.24) is 0 Å². The number of para-hydroxylation sites is 1. The number of esters is 1. The van der Waals surface area contributed by atoms with Gasteiger partial charge in [0.1, 0.15) is 6.61 Å². The third-order valence-corrected chi connectivity index (χ3v) is 4.67. The molecule has 0 aliphatic heterocycles. The van der Waals surface area contributed by atoms with Crippen molar-refractivity contribution in [3.63, 3.8) is 0 Å². The highest BCUT2D eigenvalue weighted by atomic mass is 35.5. The number of rotatable bonds is 9. The predicted molar refractivity (Wildman–Crippen MR) is 119 cm³/mol. The van der Waals surface area contributed by atoms with E-state index in [1.807, 2.05) is 54.6 Å². The Balaban J connectivity index is 1.70. The molecule has 0 saturated carbocycles. The number of nitrogens with one attached hydrogen (secondary N) is 1. The second-order valence-electron chi connectivity index (χ2n) is 6.52. The maximum absolute atomic E-state index is 11.8. The van der Waals surface area contributed by atoms with Gasteiger partial charge in [-0.3, -0.25) is 0 Å². The lowest BCUT2D eigenvalue weighted by molar-refractivity contribution is 0.0526. The summed E-state index contributed by atoms with van der Waals surface area (Å²) in [6.07, 6.45) is 0. The van der Waals surface area contributed by atoms with Crippen LogP contribution < -0.4 is 14.8 Å². The smallest absolute Gasteiger partial charge is 0.338 e. The standard InChI is InChI=1S/C24H24ClNO4/c1-3-29-24(27)18-10-12-21(13-11-18)26-15-19-7-5-9-22(28-2)23(19)30-16-17-6-4-8-20(25)14-17/h4-14,26H,3,15-16H2,1-2H3. The summed E-state index contributed by atoms with van der Waals surface area (Å²) in [6, 6.07) is 20.5. The van der Waals surface area contributed by atoms with Crippen LogP contribution in [0.1, 0.15) is 28.4 Å². The fourth-order valence-electron chi connectivity index (χ4n) is 2.94. The Labute approximate surface area is 181 Å². The number of benzene rings is 3. The van der Waals surface area contributed by atoms with E-state index in [2.05, 4.69) is 5.32 Å². The number of anilines is 1. The van der Waals surface area contributed by atoms with E-state index in [0.717, 1.165) is 16.8 Å². The lowest BCUT2D eigenvalue weighted by Gasteiger charge is -2.16. The van der Waals surface area contributed by atoms with Crippen LogP contribution in [0.2, 0.25) is 5.02 Å². The van der Waals surface area contributed by atoms with Crippen LogP contribution in [-0.2, 0) is 17.9 Å². The Morgan fingerprint density at radius 3 is 2.50 bits per heavy atom. The van der Waals surface area contributed by atoms with Crippen LogP contribution >= 0.6 is 11.6 Å². The van der Waals surface area contributed by atoms with Crippen molar-refractivity contribution in [1.29, 1.82) is 0 Å². The van der Waals surface area contributed by atoms with E-state index >= 15 is 0 Å². The molecule has 3 rings (SSSR count). The van der Waals surface area contributed by atoms with E-state index in [0.29, 0.717) is 41.8 Å². The minimum absolute atomic E-state index is 0.325. The van der Waals surface area contributed by atoms with Gasteiger partial charge in [-0.2, -0.15) is 0 Å². The second kappa shape index (κ2) is 10.6. The molecule has 156 valence electrons. The molecule has 1 N–H and O–H groups in total. The summed E-state index contributed by atoms with van der Waals surface area (Å²) in [4.78, 5) is 11.8. The van der Waals surface area contributed by atoms with Gasteiger partial charge in [-0.25, -0.2) is 4.79 Å². The molecule has 0 bridgehead atoms. The highest BCUT2D eigenvalue weighted by Gasteiger charge is 2.12. The third kappa shape index (κ3) is 5.67. The SMILES string of the molecule is CCOC(=O)c1ccc(NCc2cccc(OC)c2OCc2cccc(Cl)c2)cc1. The van der Waals surface area contributed by atoms with E-state index in [-0.39, 0.29) is 5.97 Å². The molecule has 0 aliphatic rings. The Morgan fingerprint density at radius 1 is 1.03 bits per heavy atom. The van der Waals surface area contributed by atoms with Crippen LogP contribution in [0, 0.1) is 0 Å². The number of carbonyl (C=O) groups excluding carboxylic acids is 1. The first-order chi connectivity index (χ1) is 14.6. The maximum Gasteiger partial charge on any atom is 0.338 e. The number of ether oxygens (including phenoxy) is 3. The first kappa shape index (κ1) is 21.5. The number of methoxy groups -OCH3 is 1. The Morgan fingerprint density at radius 2 is 1.80 bits per heavy atom. The van der Waals surface area contributed by atoms with Gasteiger partial charge in [0.05, 0.1) is 19.3 Å².